The molecule has 0 atom stereocenters. The van der Waals surface area contributed by atoms with Gasteiger partial charge < -0.3 is 9.64 Å². The van der Waals surface area contributed by atoms with Crippen LogP contribution in [0, 0.1) is 10.1 Å². The zero-order chi connectivity index (χ0) is 15.3. The van der Waals surface area contributed by atoms with Gasteiger partial charge in [0.15, 0.2) is 0 Å². The summed E-state index contributed by atoms with van der Waals surface area (Å²) in [5, 5.41) is 11.0. The number of ether oxygens (including phenoxy) is 1. The second-order valence-electron chi connectivity index (χ2n) is 5.45. The molecule has 1 spiro atoms. The second-order valence-corrected chi connectivity index (χ2v) is 5.45. The molecule has 2 aliphatic rings. The van der Waals surface area contributed by atoms with Gasteiger partial charge in [-0.2, -0.15) is 13.2 Å². The number of benzene rings is 1. The first-order valence-electron chi connectivity index (χ1n) is 6.55. The van der Waals surface area contributed by atoms with Crippen LogP contribution in [-0.2, 0) is 10.9 Å². The van der Waals surface area contributed by atoms with Crippen molar-refractivity contribution in [3.05, 3.63) is 33.9 Å². The van der Waals surface area contributed by atoms with E-state index in [1.165, 1.54) is 6.07 Å². The first kappa shape index (κ1) is 14.1. The Kier molecular flexibility index (Phi) is 3.09. The van der Waals surface area contributed by atoms with Crippen molar-refractivity contribution in [2.45, 2.75) is 24.6 Å². The van der Waals surface area contributed by atoms with Crippen molar-refractivity contribution in [3.8, 4) is 0 Å². The molecule has 21 heavy (non-hydrogen) atoms. The Morgan fingerprint density at radius 2 is 2.05 bits per heavy atom. The predicted molar refractivity (Wildman–Crippen MR) is 68.2 cm³/mol. The third-order valence-electron chi connectivity index (χ3n) is 3.98. The summed E-state index contributed by atoms with van der Waals surface area (Å²) in [5.74, 6) is 0. The quantitative estimate of drug-likeness (QED) is 0.622. The van der Waals surface area contributed by atoms with E-state index in [2.05, 4.69) is 0 Å². The average Bonchev–Trinajstić information content (AvgIpc) is 2.84. The molecule has 0 unspecified atom stereocenters. The van der Waals surface area contributed by atoms with Crippen LogP contribution in [0.25, 0.3) is 0 Å². The van der Waals surface area contributed by atoms with Crippen molar-refractivity contribution < 1.29 is 22.8 Å². The Hall–Kier alpha value is -1.83. The number of nitrogens with zero attached hydrogens (tertiary/aromatic N) is 2. The third-order valence-corrected chi connectivity index (χ3v) is 3.98. The maximum absolute atomic E-state index is 12.6. The number of hydrogen-bond acceptors (Lipinski definition) is 4. The molecule has 2 aliphatic heterocycles. The molecule has 8 heteroatoms. The van der Waals surface area contributed by atoms with Crippen LogP contribution in [0.4, 0.5) is 24.5 Å². The molecule has 114 valence electrons. The predicted octanol–water partition coefficient (Wildman–Crippen LogP) is 2.98. The number of alkyl halides is 3. The zero-order valence-corrected chi connectivity index (χ0v) is 11.0. The number of nitro benzene ring substituents is 1. The third kappa shape index (κ3) is 2.44. The van der Waals surface area contributed by atoms with Gasteiger partial charge in [0, 0.05) is 25.8 Å². The fraction of sp³-hybridized carbons (Fsp3) is 0.538. The minimum Gasteiger partial charge on any atom is -0.371 e. The number of halogens is 3. The fourth-order valence-electron chi connectivity index (χ4n) is 2.94. The smallest absolute Gasteiger partial charge is 0.371 e. The van der Waals surface area contributed by atoms with E-state index in [9.17, 15) is 23.3 Å². The van der Waals surface area contributed by atoms with Crippen LogP contribution in [0.2, 0.25) is 0 Å². The van der Waals surface area contributed by atoms with Crippen LogP contribution in [-0.4, -0.2) is 30.2 Å². The fourth-order valence-corrected chi connectivity index (χ4v) is 2.94. The molecule has 0 bridgehead atoms. The Bertz CT molecular complexity index is 575. The SMILES string of the molecule is O=[N+]([O-])c1cc(C(F)(F)F)ccc1N1CC2(CCCO2)C1. The molecule has 0 amide bonds. The van der Waals surface area contributed by atoms with E-state index >= 15 is 0 Å². The molecule has 0 saturated carbocycles. The molecular weight excluding hydrogens is 289 g/mol. The zero-order valence-electron chi connectivity index (χ0n) is 11.0. The lowest BCUT2D eigenvalue weighted by molar-refractivity contribution is -0.384. The minimum absolute atomic E-state index is 0.217. The lowest BCUT2D eigenvalue weighted by atomic mass is 9.90. The summed E-state index contributed by atoms with van der Waals surface area (Å²) in [7, 11) is 0. The van der Waals surface area contributed by atoms with Crippen molar-refractivity contribution >= 4 is 11.4 Å². The molecular formula is C13H13F3N2O3. The van der Waals surface area contributed by atoms with Gasteiger partial charge in [0.25, 0.3) is 5.69 Å². The van der Waals surface area contributed by atoms with E-state index < -0.39 is 22.4 Å². The number of hydrogen-bond donors (Lipinski definition) is 0. The molecule has 2 saturated heterocycles. The van der Waals surface area contributed by atoms with Gasteiger partial charge in [-0.25, -0.2) is 0 Å². The highest BCUT2D eigenvalue weighted by molar-refractivity contribution is 5.66. The van der Waals surface area contributed by atoms with Gasteiger partial charge in [0.05, 0.1) is 10.5 Å². The topological polar surface area (TPSA) is 55.6 Å². The minimum atomic E-state index is -4.59. The van der Waals surface area contributed by atoms with Gasteiger partial charge in [-0.3, -0.25) is 10.1 Å². The van der Waals surface area contributed by atoms with Gasteiger partial charge in [0.1, 0.15) is 11.3 Å². The van der Waals surface area contributed by atoms with Crippen LogP contribution in [0.15, 0.2) is 18.2 Å². The molecule has 1 aromatic rings. The second kappa shape index (κ2) is 4.59. The molecule has 0 aromatic heterocycles. The number of rotatable bonds is 2. The van der Waals surface area contributed by atoms with Crippen LogP contribution in [0.1, 0.15) is 18.4 Å². The highest BCUT2D eigenvalue weighted by Gasteiger charge is 2.48. The molecule has 0 N–H and O–H groups in total. The van der Waals surface area contributed by atoms with Gasteiger partial charge >= 0.3 is 6.18 Å². The summed E-state index contributed by atoms with van der Waals surface area (Å²) < 4.78 is 43.5. The van der Waals surface area contributed by atoms with E-state index in [0.717, 1.165) is 18.9 Å². The largest absolute Gasteiger partial charge is 0.416 e. The summed E-state index contributed by atoms with van der Waals surface area (Å²) in [6, 6.07) is 2.64. The van der Waals surface area contributed by atoms with Gasteiger partial charge in [-0.1, -0.05) is 0 Å². The van der Waals surface area contributed by atoms with Gasteiger partial charge in [-0.05, 0) is 25.0 Å². The highest BCUT2D eigenvalue weighted by atomic mass is 19.4. The van der Waals surface area contributed by atoms with Crippen molar-refractivity contribution in [1.29, 1.82) is 0 Å². The number of anilines is 1. The highest BCUT2D eigenvalue weighted by Crippen LogP contribution is 2.42. The Balaban J connectivity index is 1.87. The Morgan fingerprint density at radius 1 is 1.33 bits per heavy atom. The van der Waals surface area contributed by atoms with Crippen LogP contribution < -0.4 is 4.90 Å². The Morgan fingerprint density at radius 3 is 2.57 bits per heavy atom. The molecule has 2 heterocycles. The normalized spacial score (nSPS) is 20.6. The maximum atomic E-state index is 12.6. The van der Waals surface area contributed by atoms with Crippen molar-refractivity contribution in [2.24, 2.45) is 0 Å². The monoisotopic (exact) mass is 302 g/mol. The summed E-state index contributed by atoms with van der Waals surface area (Å²) in [6.45, 7) is 1.64. The van der Waals surface area contributed by atoms with E-state index in [-0.39, 0.29) is 11.3 Å². The first-order chi connectivity index (χ1) is 9.81. The van der Waals surface area contributed by atoms with Crippen LogP contribution in [0.5, 0.6) is 0 Å². The molecule has 0 radical (unpaired) electrons. The van der Waals surface area contributed by atoms with Gasteiger partial charge in [-0.15, -0.1) is 0 Å². The molecule has 2 fully saturated rings. The standard InChI is InChI=1S/C13H13F3N2O3/c14-13(15,16)9-2-3-10(11(6-9)18(19)20)17-7-12(8-17)4-1-5-21-12/h2-3,6H,1,4-5,7-8H2. The lowest BCUT2D eigenvalue weighted by Crippen LogP contribution is -2.61. The van der Waals surface area contributed by atoms with Crippen molar-refractivity contribution in [1.82, 2.24) is 0 Å². The molecule has 0 aliphatic carbocycles. The summed E-state index contributed by atoms with van der Waals surface area (Å²) in [4.78, 5) is 12.0. The van der Waals surface area contributed by atoms with E-state index in [1.54, 1.807) is 4.90 Å². The lowest BCUT2D eigenvalue weighted by Gasteiger charge is -2.48. The maximum Gasteiger partial charge on any atom is 0.416 e. The number of nitro groups is 1. The van der Waals surface area contributed by atoms with Crippen molar-refractivity contribution in [3.63, 3.8) is 0 Å². The van der Waals surface area contributed by atoms with E-state index in [0.29, 0.717) is 25.8 Å². The molecule has 3 rings (SSSR count). The van der Waals surface area contributed by atoms with Gasteiger partial charge in [0.2, 0.25) is 0 Å². The van der Waals surface area contributed by atoms with Crippen molar-refractivity contribution in [2.75, 3.05) is 24.6 Å². The van der Waals surface area contributed by atoms with Crippen LogP contribution >= 0.6 is 0 Å². The molecule has 5 nitrogen and oxygen atoms in total. The molecule has 1 aromatic carbocycles. The van der Waals surface area contributed by atoms with E-state index in [1.807, 2.05) is 0 Å². The van der Waals surface area contributed by atoms with E-state index in [4.69, 9.17) is 4.74 Å². The first-order valence-corrected chi connectivity index (χ1v) is 6.55. The Labute approximate surface area is 118 Å². The summed E-state index contributed by atoms with van der Waals surface area (Å²) >= 11 is 0. The summed E-state index contributed by atoms with van der Waals surface area (Å²) in [6.07, 6.45) is -2.76. The summed E-state index contributed by atoms with van der Waals surface area (Å²) in [5.41, 5.74) is -1.58. The average molecular weight is 302 g/mol. The van der Waals surface area contributed by atoms with Crippen LogP contribution in [0.3, 0.4) is 0 Å².